The first-order valence-corrected chi connectivity index (χ1v) is 9.83. The Morgan fingerprint density at radius 3 is 2.86 bits per heavy atom. The number of hydrogen-bond acceptors (Lipinski definition) is 5. The van der Waals surface area contributed by atoms with Crippen LogP contribution in [0.3, 0.4) is 0 Å². The molecular weight excluding hydrogens is 503 g/mol. The molecule has 0 spiro atoms. The summed E-state index contributed by atoms with van der Waals surface area (Å²) in [5, 5.41) is 12.0. The van der Waals surface area contributed by atoms with Crippen LogP contribution >= 0.6 is 35.6 Å². The largest absolute Gasteiger partial charge is 0.354 e. The minimum absolute atomic E-state index is 0. The van der Waals surface area contributed by atoms with E-state index in [-0.39, 0.29) is 30.0 Å². The quantitative estimate of drug-likeness (QED) is 0.337. The molecule has 1 fully saturated rings. The number of nitrogens with one attached hydrogen (secondary N) is 2. The molecule has 0 amide bonds. The lowest BCUT2D eigenvalue weighted by atomic mass is 10.1. The number of hydrogen-bond donors (Lipinski definition) is 2. The Kier molecular flexibility index (Phi) is 8.97. The summed E-state index contributed by atoms with van der Waals surface area (Å²) in [4.78, 5) is 13.2. The molecule has 2 atom stereocenters. The minimum Gasteiger partial charge on any atom is -0.354 e. The summed E-state index contributed by atoms with van der Waals surface area (Å²) in [7, 11) is 7.87. The van der Waals surface area contributed by atoms with E-state index in [1.807, 2.05) is 36.3 Å². The van der Waals surface area contributed by atoms with E-state index in [4.69, 9.17) is 11.6 Å². The smallest absolute Gasteiger partial charge is 0.191 e. The third-order valence-electron chi connectivity index (χ3n) is 4.99. The molecule has 29 heavy (non-hydrogen) atoms. The van der Waals surface area contributed by atoms with E-state index in [9.17, 15) is 0 Å². The van der Waals surface area contributed by atoms with Crippen molar-refractivity contribution in [2.24, 2.45) is 12.0 Å². The van der Waals surface area contributed by atoms with Gasteiger partial charge in [-0.2, -0.15) is 5.10 Å². The summed E-state index contributed by atoms with van der Waals surface area (Å²) in [6, 6.07) is 4.23. The molecule has 1 saturated heterocycles. The van der Waals surface area contributed by atoms with Gasteiger partial charge in [0.15, 0.2) is 5.96 Å². The van der Waals surface area contributed by atoms with E-state index in [1.54, 1.807) is 13.2 Å². The zero-order valence-corrected chi connectivity index (χ0v) is 20.4. The van der Waals surface area contributed by atoms with E-state index >= 15 is 0 Å². The Bertz CT molecular complexity index is 809. The third kappa shape index (κ3) is 6.19. The molecule has 0 radical (unpaired) electrons. The van der Waals surface area contributed by atoms with Crippen molar-refractivity contribution in [3.8, 4) is 0 Å². The molecule has 8 nitrogen and oxygen atoms in total. The molecular formula is C19H30ClIN8. The number of nitrogens with zero attached hydrogens (tertiary/aromatic N) is 6. The van der Waals surface area contributed by atoms with Crippen molar-refractivity contribution < 1.29 is 0 Å². The highest BCUT2D eigenvalue weighted by atomic mass is 127. The molecule has 0 bridgehead atoms. The summed E-state index contributed by atoms with van der Waals surface area (Å²) in [5.41, 5.74) is 1.17. The second-order valence-electron chi connectivity index (χ2n) is 7.26. The van der Waals surface area contributed by atoms with Crippen LogP contribution in [-0.4, -0.2) is 72.4 Å². The second kappa shape index (κ2) is 11.0. The van der Waals surface area contributed by atoms with Gasteiger partial charge in [0.05, 0.1) is 17.3 Å². The minimum atomic E-state index is 0. The zero-order valence-electron chi connectivity index (χ0n) is 17.3. The van der Waals surface area contributed by atoms with Crippen LogP contribution in [0.5, 0.6) is 0 Å². The Balaban J connectivity index is 0.00000300. The number of aryl methyl sites for hydroxylation is 1. The van der Waals surface area contributed by atoms with Crippen LogP contribution in [0.4, 0.5) is 5.82 Å². The Labute approximate surface area is 194 Å². The number of guanidine groups is 1. The van der Waals surface area contributed by atoms with Crippen molar-refractivity contribution in [2.75, 3.05) is 45.7 Å². The predicted molar refractivity (Wildman–Crippen MR) is 129 cm³/mol. The molecule has 0 aliphatic carbocycles. The van der Waals surface area contributed by atoms with E-state index < -0.39 is 0 Å². The maximum Gasteiger partial charge on any atom is 0.191 e. The summed E-state index contributed by atoms with van der Waals surface area (Å²) < 4.78 is 1.83. The van der Waals surface area contributed by atoms with Crippen molar-refractivity contribution in [1.82, 2.24) is 30.3 Å². The molecule has 10 heteroatoms. The van der Waals surface area contributed by atoms with Gasteiger partial charge in [0, 0.05) is 57.7 Å². The van der Waals surface area contributed by atoms with Gasteiger partial charge in [-0.1, -0.05) is 11.6 Å². The summed E-state index contributed by atoms with van der Waals surface area (Å²) >= 11 is 6.29. The van der Waals surface area contributed by atoms with Crippen LogP contribution in [0.25, 0.3) is 0 Å². The molecule has 0 saturated carbocycles. The SMILES string of the molecule is CN=C(NCC(c1cnn(C)c1)N(C)C)NC1CCN(c2ncccc2Cl)C1.I. The Morgan fingerprint density at radius 2 is 2.24 bits per heavy atom. The van der Waals surface area contributed by atoms with Crippen LogP contribution in [0.15, 0.2) is 35.7 Å². The average Bonchev–Trinajstić information content (AvgIpc) is 3.30. The van der Waals surface area contributed by atoms with Crippen LogP contribution < -0.4 is 15.5 Å². The van der Waals surface area contributed by atoms with Gasteiger partial charge >= 0.3 is 0 Å². The van der Waals surface area contributed by atoms with Gasteiger partial charge in [-0.3, -0.25) is 9.67 Å². The van der Waals surface area contributed by atoms with Crippen molar-refractivity contribution in [2.45, 2.75) is 18.5 Å². The standard InChI is InChI=1S/C19H29ClN8.HI/c1-21-19(23-11-17(26(2)3)14-10-24-27(4)12-14)25-15-7-9-28(13-15)18-16(20)6-5-8-22-18;/h5-6,8,10,12,15,17H,7,9,11,13H2,1-4H3,(H2,21,23,25);1H. The van der Waals surface area contributed by atoms with Gasteiger partial charge in [0.1, 0.15) is 5.82 Å². The number of aliphatic imine (C=N–C) groups is 1. The third-order valence-corrected chi connectivity index (χ3v) is 5.28. The van der Waals surface area contributed by atoms with Gasteiger partial charge in [-0.15, -0.1) is 24.0 Å². The van der Waals surface area contributed by atoms with Crippen LogP contribution in [0, 0.1) is 0 Å². The lowest BCUT2D eigenvalue weighted by molar-refractivity contribution is 0.298. The number of rotatable bonds is 6. The van der Waals surface area contributed by atoms with Gasteiger partial charge in [-0.05, 0) is 32.6 Å². The van der Waals surface area contributed by atoms with Crippen molar-refractivity contribution >= 4 is 47.4 Å². The van der Waals surface area contributed by atoms with Gasteiger partial charge in [0.25, 0.3) is 0 Å². The first-order valence-electron chi connectivity index (χ1n) is 9.45. The number of pyridine rings is 1. The molecule has 3 rings (SSSR count). The summed E-state index contributed by atoms with van der Waals surface area (Å²) in [5.74, 6) is 1.65. The number of halogens is 2. The highest BCUT2D eigenvalue weighted by Gasteiger charge is 2.26. The monoisotopic (exact) mass is 532 g/mol. The number of anilines is 1. The van der Waals surface area contributed by atoms with Gasteiger partial charge < -0.3 is 20.4 Å². The predicted octanol–water partition coefficient (Wildman–Crippen LogP) is 2.13. The highest BCUT2D eigenvalue weighted by Crippen LogP contribution is 2.25. The fourth-order valence-corrected chi connectivity index (χ4v) is 3.71. The average molecular weight is 533 g/mol. The number of likely N-dealkylation sites (N-methyl/N-ethyl adjacent to an activating group) is 1. The van der Waals surface area contributed by atoms with Crippen LogP contribution in [0.2, 0.25) is 5.02 Å². The Hall–Kier alpha value is -1.59. The first-order chi connectivity index (χ1) is 13.5. The molecule has 2 unspecified atom stereocenters. The fourth-order valence-electron chi connectivity index (χ4n) is 3.47. The summed E-state index contributed by atoms with van der Waals surface area (Å²) in [6.07, 6.45) is 6.75. The lowest BCUT2D eigenvalue weighted by Gasteiger charge is -2.25. The molecule has 3 heterocycles. The van der Waals surface area contributed by atoms with Crippen molar-refractivity contribution in [1.29, 1.82) is 0 Å². The van der Waals surface area contributed by atoms with E-state index in [0.29, 0.717) is 11.1 Å². The highest BCUT2D eigenvalue weighted by molar-refractivity contribution is 14.0. The topological polar surface area (TPSA) is 73.6 Å². The van der Waals surface area contributed by atoms with E-state index in [2.05, 4.69) is 49.6 Å². The normalized spacial score (nSPS) is 17.9. The molecule has 1 aliphatic rings. The summed E-state index contributed by atoms with van der Waals surface area (Å²) in [6.45, 7) is 2.50. The second-order valence-corrected chi connectivity index (χ2v) is 7.67. The van der Waals surface area contributed by atoms with Gasteiger partial charge in [0.2, 0.25) is 0 Å². The molecule has 160 valence electrons. The van der Waals surface area contributed by atoms with E-state index in [1.165, 1.54) is 5.56 Å². The maximum atomic E-state index is 6.29. The fraction of sp³-hybridized carbons (Fsp3) is 0.526. The van der Waals surface area contributed by atoms with Gasteiger partial charge in [-0.25, -0.2) is 4.98 Å². The van der Waals surface area contributed by atoms with Crippen LogP contribution in [-0.2, 0) is 7.05 Å². The number of aromatic nitrogens is 3. The van der Waals surface area contributed by atoms with Crippen molar-refractivity contribution in [3.05, 3.63) is 41.3 Å². The van der Waals surface area contributed by atoms with Crippen molar-refractivity contribution in [3.63, 3.8) is 0 Å². The molecule has 0 aromatic carbocycles. The Morgan fingerprint density at radius 1 is 1.45 bits per heavy atom. The molecule has 2 N–H and O–H groups in total. The van der Waals surface area contributed by atoms with E-state index in [0.717, 1.165) is 37.8 Å². The molecule has 2 aromatic heterocycles. The molecule has 2 aromatic rings. The zero-order chi connectivity index (χ0) is 20.1. The molecule has 1 aliphatic heterocycles. The van der Waals surface area contributed by atoms with Crippen LogP contribution in [0.1, 0.15) is 18.0 Å². The maximum absolute atomic E-state index is 6.29. The first kappa shape index (κ1) is 23.7. The lowest BCUT2D eigenvalue weighted by Crippen LogP contribution is -2.46.